The Bertz CT molecular complexity index is 910. The lowest BCUT2D eigenvalue weighted by molar-refractivity contribution is 0.744. The quantitative estimate of drug-likeness (QED) is 0.359. The summed E-state index contributed by atoms with van der Waals surface area (Å²) in [5, 5.41) is 14.8. The Balaban J connectivity index is 1.76. The monoisotopic (exact) mass is 454 g/mol. The molecule has 0 radical (unpaired) electrons. The summed E-state index contributed by atoms with van der Waals surface area (Å²) in [6.45, 7) is 1.87. The summed E-state index contributed by atoms with van der Waals surface area (Å²) in [5.74, 6) is 1.38. The van der Waals surface area contributed by atoms with Crippen LogP contribution in [0.15, 0.2) is 57.2 Å². The van der Waals surface area contributed by atoms with Gasteiger partial charge in [0.05, 0.1) is 6.21 Å². The van der Waals surface area contributed by atoms with Gasteiger partial charge in [-0.1, -0.05) is 69.1 Å². The van der Waals surface area contributed by atoms with Gasteiger partial charge in [-0.2, -0.15) is 9.78 Å². The van der Waals surface area contributed by atoms with E-state index in [1.54, 1.807) is 17.0 Å². The summed E-state index contributed by atoms with van der Waals surface area (Å²) in [6, 6.07) is 13.4. The molecule has 0 N–H and O–H groups in total. The molecule has 0 amide bonds. The van der Waals surface area contributed by atoms with Crippen LogP contribution in [0.2, 0.25) is 10.0 Å². The minimum Gasteiger partial charge on any atom is -0.192 e. The fourth-order valence-corrected chi connectivity index (χ4v) is 3.77. The van der Waals surface area contributed by atoms with Crippen LogP contribution in [0.3, 0.4) is 0 Å². The highest BCUT2D eigenvalue weighted by Gasteiger charge is 2.10. The van der Waals surface area contributed by atoms with E-state index in [1.165, 1.54) is 11.8 Å². The zero-order valence-electron chi connectivity index (χ0n) is 13.2. The number of thioether (sulfide) groups is 1. The Morgan fingerprint density at radius 3 is 2.64 bits per heavy atom. The smallest absolute Gasteiger partial charge is 0.192 e. The molecule has 0 atom stereocenters. The van der Waals surface area contributed by atoms with Gasteiger partial charge < -0.3 is 0 Å². The van der Waals surface area contributed by atoms with E-state index in [0.29, 0.717) is 21.0 Å². The molecule has 1 heterocycles. The van der Waals surface area contributed by atoms with E-state index in [1.807, 2.05) is 43.3 Å². The first-order chi connectivity index (χ1) is 12.0. The van der Waals surface area contributed by atoms with Gasteiger partial charge in [0.2, 0.25) is 5.16 Å². The predicted octanol–water partition coefficient (Wildman–Crippen LogP) is 5.83. The number of hydrogen-bond acceptors (Lipinski definition) is 4. The van der Waals surface area contributed by atoms with Crippen molar-refractivity contribution < 1.29 is 0 Å². The maximum absolute atomic E-state index is 6.22. The van der Waals surface area contributed by atoms with Crippen LogP contribution in [0.4, 0.5) is 0 Å². The van der Waals surface area contributed by atoms with Crippen LogP contribution in [0.25, 0.3) is 0 Å². The summed E-state index contributed by atoms with van der Waals surface area (Å²) in [4.78, 5) is 0. The third-order valence-electron chi connectivity index (χ3n) is 3.33. The molecule has 0 saturated carbocycles. The molecule has 2 aromatic carbocycles. The molecule has 3 aromatic rings. The van der Waals surface area contributed by atoms with E-state index in [4.69, 9.17) is 23.2 Å². The lowest BCUT2D eigenvalue weighted by Gasteiger charge is -2.05. The van der Waals surface area contributed by atoms with Crippen molar-refractivity contribution in [3.05, 3.63) is 73.9 Å². The van der Waals surface area contributed by atoms with Gasteiger partial charge in [0.1, 0.15) is 0 Å². The lowest BCUT2D eigenvalue weighted by atomic mass is 10.2. The van der Waals surface area contributed by atoms with Crippen molar-refractivity contribution in [3.8, 4) is 0 Å². The minimum atomic E-state index is 0.622. The van der Waals surface area contributed by atoms with Gasteiger partial charge in [-0.15, -0.1) is 10.2 Å². The average Bonchev–Trinajstić information content (AvgIpc) is 2.94. The van der Waals surface area contributed by atoms with Crippen LogP contribution in [-0.4, -0.2) is 21.1 Å². The summed E-state index contributed by atoms with van der Waals surface area (Å²) < 4.78 is 2.75. The second-order valence-electron chi connectivity index (χ2n) is 5.16. The first kappa shape index (κ1) is 18.5. The van der Waals surface area contributed by atoms with Gasteiger partial charge >= 0.3 is 0 Å². The molecule has 1 aromatic heterocycles. The number of nitrogens with zero attached hydrogens (tertiary/aromatic N) is 4. The summed E-state index contributed by atoms with van der Waals surface area (Å²) >= 11 is 17.1. The van der Waals surface area contributed by atoms with Gasteiger partial charge in [0.15, 0.2) is 5.82 Å². The molecule has 0 spiro atoms. The van der Waals surface area contributed by atoms with Gasteiger partial charge in [0.25, 0.3) is 0 Å². The number of aromatic nitrogens is 3. The van der Waals surface area contributed by atoms with E-state index < -0.39 is 0 Å². The van der Waals surface area contributed by atoms with Crippen molar-refractivity contribution in [1.82, 2.24) is 14.9 Å². The molecule has 4 nitrogen and oxygen atoms in total. The van der Waals surface area contributed by atoms with Crippen LogP contribution in [0.5, 0.6) is 0 Å². The van der Waals surface area contributed by atoms with Gasteiger partial charge in [-0.3, -0.25) is 0 Å². The molecule has 128 valence electrons. The molecule has 0 aliphatic carbocycles. The number of rotatable bonds is 5. The van der Waals surface area contributed by atoms with Gasteiger partial charge in [-0.25, -0.2) is 0 Å². The maximum Gasteiger partial charge on any atom is 0.212 e. The summed E-state index contributed by atoms with van der Waals surface area (Å²) in [5.41, 5.74) is 1.98. The Hall–Kier alpha value is -1.34. The molecular weight excluding hydrogens is 443 g/mol. The zero-order chi connectivity index (χ0) is 17.8. The zero-order valence-corrected chi connectivity index (χ0v) is 17.1. The molecule has 3 rings (SSSR count). The summed E-state index contributed by atoms with van der Waals surface area (Å²) in [6.07, 6.45) is 1.78. The molecule has 0 unspecified atom stereocenters. The van der Waals surface area contributed by atoms with Crippen LogP contribution in [0, 0.1) is 6.92 Å². The van der Waals surface area contributed by atoms with Crippen molar-refractivity contribution in [2.45, 2.75) is 17.8 Å². The fourth-order valence-electron chi connectivity index (χ4n) is 2.02. The van der Waals surface area contributed by atoms with Crippen molar-refractivity contribution in [2.75, 3.05) is 0 Å². The largest absolute Gasteiger partial charge is 0.212 e. The number of halogens is 3. The summed E-state index contributed by atoms with van der Waals surface area (Å²) in [7, 11) is 0. The molecule has 0 aliphatic rings. The predicted molar refractivity (Wildman–Crippen MR) is 108 cm³/mol. The molecule has 0 aliphatic heterocycles. The molecule has 0 saturated heterocycles. The van der Waals surface area contributed by atoms with E-state index in [0.717, 1.165) is 21.4 Å². The van der Waals surface area contributed by atoms with Gasteiger partial charge in [0, 0.05) is 20.3 Å². The highest BCUT2D eigenvalue weighted by Crippen LogP contribution is 2.28. The van der Waals surface area contributed by atoms with Crippen LogP contribution >= 0.6 is 50.9 Å². The Kier molecular flexibility index (Phi) is 6.17. The van der Waals surface area contributed by atoms with Crippen LogP contribution in [-0.2, 0) is 5.75 Å². The third-order valence-corrected chi connectivity index (χ3v) is 5.42. The Morgan fingerprint density at radius 1 is 1.16 bits per heavy atom. The van der Waals surface area contributed by atoms with E-state index in [9.17, 15) is 0 Å². The Morgan fingerprint density at radius 2 is 1.92 bits per heavy atom. The van der Waals surface area contributed by atoms with E-state index in [2.05, 4.69) is 31.2 Å². The lowest BCUT2D eigenvalue weighted by Crippen LogP contribution is -1.96. The normalized spacial score (nSPS) is 11.4. The molecule has 25 heavy (non-hydrogen) atoms. The second kappa shape index (κ2) is 8.36. The Labute approximate surface area is 168 Å². The fraction of sp³-hybridized carbons (Fsp3) is 0.118. The highest BCUT2D eigenvalue weighted by molar-refractivity contribution is 9.10. The van der Waals surface area contributed by atoms with E-state index in [-0.39, 0.29) is 0 Å². The first-order valence-corrected chi connectivity index (χ1v) is 9.85. The SMILES string of the molecule is Cc1nnc(SCc2ccc(Cl)cc2Cl)n1/N=C/c1ccc(Br)cc1. The highest BCUT2D eigenvalue weighted by atomic mass is 79.9. The van der Waals surface area contributed by atoms with Crippen molar-refractivity contribution in [2.24, 2.45) is 5.10 Å². The molecular formula is C17H13BrCl2N4S. The van der Waals surface area contributed by atoms with Crippen molar-refractivity contribution in [1.29, 1.82) is 0 Å². The van der Waals surface area contributed by atoms with E-state index >= 15 is 0 Å². The standard InChI is InChI=1S/C17H13BrCl2N4S/c1-11-22-23-17(25-10-13-4-7-15(19)8-16(13)20)24(11)21-9-12-2-5-14(18)6-3-12/h2-9H,10H2,1H3/b21-9+. The average molecular weight is 456 g/mol. The number of aryl methyl sites for hydroxylation is 1. The molecule has 0 bridgehead atoms. The number of benzene rings is 2. The van der Waals surface area contributed by atoms with Crippen LogP contribution in [0.1, 0.15) is 17.0 Å². The molecule has 8 heteroatoms. The van der Waals surface area contributed by atoms with Crippen LogP contribution < -0.4 is 0 Å². The maximum atomic E-state index is 6.22. The minimum absolute atomic E-state index is 0.622. The van der Waals surface area contributed by atoms with Gasteiger partial charge in [-0.05, 0) is 42.3 Å². The third kappa shape index (κ3) is 4.85. The second-order valence-corrected chi connectivity index (χ2v) is 7.86. The topological polar surface area (TPSA) is 43.1 Å². The number of hydrogen-bond donors (Lipinski definition) is 0. The van der Waals surface area contributed by atoms with Crippen molar-refractivity contribution in [3.63, 3.8) is 0 Å². The first-order valence-electron chi connectivity index (χ1n) is 7.31. The van der Waals surface area contributed by atoms with Crippen molar-refractivity contribution >= 4 is 57.1 Å². The molecule has 0 fully saturated rings.